The van der Waals surface area contributed by atoms with Crippen LogP contribution in [0.5, 0.6) is 0 Å². The number of benzene rings is 2. The minimum Gasteiger partial charge on any atom is -0.378 e. The number of nitrogens with zero attached hydrogens (tertiary/aromatic N) is 3. The first-order valence-electron chi connectivity index (χ1n) is 8.03. The molecule has 0 saturated carbocycles. The maximum atomic E-state index is 6.38. The first-order valence-corrected chi connectivity index (χ1v) is 8.41. The van der Waals surface area contributed by atoms with Crippen LogP contribution >= 0.6 is 11.6 Å². The van der Waals surface area contributed by atoms with Gasteiger partial charge in [0, 0.05) is 37.5 Å². The van der Waals surface area contributed by atoms with E-state index in [-0.39, 0.29) is 0 Å². The Hall–Kier alpha value is -2.46. The van der Waals surface area contributed by atoms with E-state index < -0.39 is 0 Å². The van der Waals surface area contributed by atoms with Crippen molar-refractivity contribution in [3.05, 3.63) is 59.1 Å². The number of halogens is 1. The molecule has 4 nitrogen and oxygen atoms in total. The van der Waals surface area contributed by atoms with E-state index in [1.54, 1.807) is 0 Å². The number of para-hydroxylation sites is 1. The van der Waals surface area contributed by atoms with Crippen LogP contribution in [0.25, 0.3) is 16.9 Å². The molecule has 0 atom stereocenters. The third kappa shape index (κ3) is 2.43. The average molecular weight is 339 g/mol. The Labute approximate surface area is 146 Å². The highest BCUT2D eigenvalue weighted by Gasteiger charge is 2.24. The molecule has 1 aliphatic heterocycles. The van der Waals surface area contributed by atoms with Crippen LogP contribution in [0.2, 0.25) is 5.02 Å². The molecule has 4 rings (SSSR count). The second-order valence-electron chi connectivity index (χ2n) is 6.16. The number of hydrogen-bond donors (Lipinski definition) is 1. The summed E-state index contributed by atoms with van der Waals surface area (Å²) in [6.45, 7) is 0.931. The summed E-state index contributed by atoms with van der Waals surface area (Å²) in [7, 11) is 4.09. The zero-order valence-electron chi connectivity index (χ0n) is 13.8. The summed E-state index contributed by atoms with van der Waals surface area (Å²) in [5.74, 6) is 1.05. The maximum absolute atomic E-state index is 6.38. The third-order valence-electron chi connectivity index (χ3n) is 4.39. The van der Waals surface area contributed by atoms with Gasteiger partial charge in [0.05, 0.1) is 16.4 Å². The first kappa shape index (κ1) is 15.1. The fourth-order valence-corrected chi connectivity index (χ4v) is 3.34. The average Bonchev–Trinajstić information content (AvgIpc) is 3.18. The molecule has 122 valence electrons. The van der Waals surface area contributed by atoms with Crippen LogP contribution in [0, 0.1) is 0 Å². The SMILES string of the molecule is CN(C)c1ccc(-c2nn(-c3ccccc3Cl)c3c2CCN3)cc1. The van der Waals surface area contributed by atoms with E-state index in [9.17, 15) is 0 Å². The maximum Gasteiger partial charge on any atom is 0.133 e. The van der Waals surface area contributed by atoms with Gasteiger partial charge in [0.15, 0.2) is 0 Å². The van der Waals surface area contributed by atoms with Gasteiger partial charge in [-0.15, -0.1) is 0 Å². The molecular weight excluding hydrogens is 320 g/mol. The van der Waals surface area contributed by atoms with Crippen molar-refractivity contribution < 1.29 is 0 Å². The zero-order chi connectivity index (χ0) is 16.7. The number of anilines is 2. The quantitative estimate of drug-likeness (QED) is 0.776. The molecule has 24 heavy (non-hydrogen) atoms. The Morgan fingerprint density at radius 1 is 1.08 bits per heavy atom. The lowest BCUT2D eigenvalue weighted by Gasteiger charge is -2.12. The third-order valence-corrected chi connectivity index (χ3v) is 4.71. The Balaban J connectivity index is 1.83. The summed E-state index contributed by atoms with van der Waals surface area (Å²) in [6, 6.07) is 16.3. The van der Waals surface area contributed by atoms with Gasteiger partial charge < -0.3 is 10.2 Å². The van der Waals surface area contributed by atoms with Crippen LogP contribution in [0.4, 0.5) is 11.5 Å². The fraction of sp³-hybridized carbons (Fsp3) is 0.211. The van der Waals surface area contributed by atoms with Crippen molar-refractivity contribution in [3.8, 4) is 16.9 Å². The Morgan fingerprint density at radius 2 is 1.83 bits per heavy atom. The number of nitrogens with one attached hydrogen (secondary N) is 1. The minimum absolute atomic E-state index is 0.700. The largest absolute Gasteiger partial charge is 0.378 e. The molecule has 5 heteroatoms. The van der Waals surface area contributed by atoms with Crippen LogP contribution < -0.4 is 10.2 Å². The molecule has 3 aromatic rings. The monoisotopic (exact) mass is 338 g/mol. The van der Waals surface area contributed by atoms with Gasteiger partial charge in [-0.25, -0.2) is 4.68 Å². The van der Waals surface area contributed by atoms with Crippen LogP contribution in [0.3, 0.4) is 0 Å². The van der Waals surface area contributed by atoms with E-state index in [1.807, 2.05) is 43.0 Å². The van der Waals surface area contributed by atoms with E-state index >= 15 is 0 Å². The number of aromatic nitrogens is 2. The molecule has 1 aliphatic rings. The van der Waals surface area contributed by atoms with Crippen LogP contribution in [0.15, 0.2) is 48.5 Å². The minimum atomic E-state index is 0.700. The molecule has 0 saturated heterocycles. The molecule has 0 aliphatic carbocycles. The number of fused-ring (bicyclic) bond motifs is 1. The Kier molecular flexibility index (Phi) is 3.69. The molecule has 0 amide bonds. The summed E-state index contributed by atoms with van der Waals surface area (Å²) in [4.78, 5) is 2.10. The van der Waals surface area contributed by atoms with Crippen molar-refractivity contribution in [2.45, 2.75) is 6.42 Å². The topological polar surface area (TPSA) is 33.1 Å². The van der Waals surface area contributed by atoms with Crippen molar-refractivity contribution in [2.24, 2.45) is 0 Å². The van der Waals surface area contributed by atoms with Gasteiger partial charge >= 0.3 is 0 Å². The lowest BCUT2D eigenvalue weighted by Crippen LogP contribution is -2.08. The van der Waals surface area contributed by atoms with Crippen LogP contribution in [-0.4, -0.2) is 30.4 Å². The lowest BCUT2D eigenvalue weighted by atomic mass is 10.1. The first-order chi connectivity index (χ1) is 11.6. The highest BCUT2D eigenvalue weighted by Crippen LogP contribution is 2.36. The Morgan fingerprint density at radius 3 is 2.54 bits per heavy atom. The van der Waals surface area contributed by atoms with Crippen molar-refractivity contribution in [1.29, 1.82) is 0 Å². The number of hydrogen-bond acceptors (Lipinski definition) is 3. The highest BCUT2D eigenvalue weighted by molar-refractivity contribution is 6.32. The standard InChI is InChI=1S/C19H19ClN4/c1-23(2)14-9-7-13(8-10-14)18-15-11-12-21-19(15)24(22-18)17-6-4-3-5-16(17)20/h3-10,21H,11-12H2,1-2H3. The summed E-state index contributed by atoms with van der Waals surface area (Å²) < 4.78 is 1.93. The molecule has 1 aromatic heterocycles. The fourth-order valence-electron chi connectivity index (χ4n) is 3.12. The molecule has 0 bridgehead atoms. The zero-order valence-corrected chi connectivity index (χ0v) is 14.5. The van der Waals surface area contributed by atoms with Crippen molar-refractivity contribution in [3.63, 3.8) is 0 Å². The van der Waals surface area contributed by atoms with E-state index in [0.717, 1.165) is 35.7 Å². The normalized spacial score (nSPS) is 12.8. The van der Waals surface area contributed by atoms with E-state index in [2.05, 4.69) is 34.5 Å². The van der Waals surface area contributed by atoms with Crippen LogP contribution in [0.1, 0.15) is 5.56 Å². The van der Waals surface area contributed by atoms with Gasteiger partial charge in [-0.05, 0) is 30.7 Å². The van der Waals surface area contributed by atoms with Crippen molar-refractivity contribution in [2.75, 3.05) is 30.9 Å². The summed E-state index contributed by atoms with van der Waals surface area (Å²) >= 11 is 6.38. The Bertz CT molecular complexity index is 881. The molecule has 0 spiro atoms. The van der Waals surface area contributed by atoms with Gasteiger partial charge in [0.1, 0.15) is 5.82 Å². The molecule has 1 N–H and O–H groups in total. The molecule has 0 radical (unpaired) electrons. The lowest BCUT2D eigenvalue weighted by molar-refractivity contribution is 0.882. The van der Waals surface area contributed by atoms with Gasteiger partial charge in [-0.1, -0.05) is 35.9 Å². The number of rotatable bonds is 3. The van der Waals surface area contributed by atoms with Crippen molar-refractivity contribution in [1.82, 2.24) is 9.78 Å². The van der Waals surface area contributed by atoms with Crippen LogP contribution in [-0.2, 0) is 6.42 Å². The molecule has 0 unspecified atom stereocenters. The molecule has 2 heterocycles. The predicted octanol–water partition coefficient (Wildman–Crippen LogP) is 4.23. The van der Waals surface area contributed by atoms with E-state index in [4.69, 9.17) is 16.7 Å². The summed E-state index contributed by atoms with van der Waals surface area (Å²) in [5.41, 5.74) is 5.50. The molecule has 2 aromatic carbocycles. The van der Waals surface area contributed by atoms with E-state index in [1.165, 1.54) is 11.3 Å². The van der Waals surface area contributed by atoms with Crippen molar-refractivity contribution >= 4 is 23.1 Å². The summed E-state index contributed by atoms with van der Waals surface area (Å²) in [6.07, 6.45) is 0.977. The second-order valence-corrected chi connectivity index (χ2v) is 6.56. The van der Waals surface area contributed by atoms with Gasteiger partial charge in [-0.3, -0.25) is 0 Å². The van der Waals surface area contributed by atoms with Gasteiger partial charge in [0.2, 0.25) is 0 Å². The molecule has 0 fully saturated rings. The van der Waals surface area contributed by atoms with Gasteiger partial charge in [-0.2, -0.15) is 5.10 Å². The summed E-state index contributed by atoms with van der Waals surface area (Å²) in [5, 5.41) is 9.01. The smallest absolute Gasteiger partial charge is 0.133 e. The predicted molar refractivity (Wildman–Crippen MR) is 101 cm³/mol. The second kappa shape index (κ2) is 5.87. The van der Waals surface area contributed by atoms with E-state index in [0.29, 0.717) is 5.02 Å². The molecular formula is C19H19ClN4. The highest BCUT2D eigenvalue weighted by atomic mass is 35.5. The van der Waals surface area contributed by atoms with Gasteiger partial charge in [0.25, 0.3) is 0 Å².